The minimum atomic E-state index is 0.380. The van der Waals surface area contributed by atoms with Crippen LogP contribution in [0.5, 0.6) is 17.4 Å². The normalized spacial score (nSPS) is 10.7. The zero-order valence-electron chi connectivity index (χ0n) is 17.4. The van der Waals surface area contributed by atoms with Crippen LogP contribution in [0, 0.1) is 0 Å². The monoisotopic (exact) mass is 460 g/mol. The molecule has 7 heteroatoms. The van der Waals surface area contributed by atoms with Gasteiger partial charge >= 0.3 is 0 Å². The van der Waals surface area contributed by atoms with Crippen molar-refractivity contribution >= 4 is 23.2 Å². The molecule has 0 spiro atoms. The number of benzene rings is 2. The van der Waals surface area contributed by atoms with Crippen molar-refractivity contribution in [3.8, 4) is 17.4 Å². The van der Waals surface area contributed by atoms with E-state index in [9.17, 15) is 0 Å². The SMILES string of the molecule is CCOc1cc(CNCCCOc2ccccn2)cc(Cl)c1OCc1ccc(Cl)cc1. The number of nitrogens with zero attached hydrogens (tertiary/aromatic N) is 1. The van der Waals surface area contributed by atoms with Crippen molar-refractivity contribution in [3.63, 3.8) is 0 Å². The molecule has 0 unspecified atom stereocenters. The minimum absolute atomic E-state index is 0.380. The van der Waals surface area contributed by atoms with E-state index >= 15 is 0 Å². The summed E-state index contributed by atoms with van der Waals surface area (Å²) < 4.78 is 17.3. The van der Waals surface area contributed by atoms with Gasteiger partial charge in [-0.15, -0.1) is 0 Å². The lowest BCUT2D eigenvalue weighted by molar-refractivity contribution is 0.269. The van der Waals surface area contributed by atoms with Crippen molar-refractivity contribution in [2.24, 2.45) is 0 Å². The molecule has 0 fully saturated rings. The first-order chi connectivity index (χ1) is 15.2. The Morgan fingerprint density at radius 1 is 0.935 bits per heavy atom. The molecule has 0 aliphatic carbocycles. The second-order valence-corrected chi connectivity index (χ2v) is 7.64. The first-order valence-electron chi connectivity index (χ1n) is 10.2. The predicted octanol–water partition coefficient (Wildman–Crippen LogP) is 5.92. The fourth-order valence-corrected chi connectivity index (χ4v) is 3.32. The third-order valence-electron chi connectivity index (χ3n) is 4.38. The molecule has 2 aromatic carbocycles. The molecule has 0 aliphatic heterocycles. The van der Waals surface area contributed by atoms with Crippen molar-refractivity contribution in [1.29, 1.82) is 0 Å². The van der Waals surface area contributed by atoms with Crippen LogP contribution in [0.3, 0.4) is 0 Å². The Balaban J connectivity index is 1.50. The molecule has 0 saturated heterocycles. The van der Waals surface area contributed by atoms with E-state index in [4.69, 9.17) is 37.4 Å². The summed E-state index contributed by atoms with van der Waals surface area (Å²) in [4.78, 5) is 4.14. The summed E-state index contributed by atoms with van der Waals surface area (Å²) in [5.74, 6) is 1.83. The summed E-state index contributed by atoms with van der Waals surface area (Å²) in [5, 5.41) is 4.61. The molecule has 0 bridgehead atoms. The molecule has 164 valence electrons. The summed E-state index contributed by atoms with van der Waals surface area (Å²) in [5.41, 5.74) is 2.03. The Bertz CT molecular complexity index is 938. The number of rotatable bonds is 12. The van der Waals surface area contributed by atoms with Crippen LogP contribution in [-0.2, 0) is 13.2 Å². The molecule has 31 heavy (non-hydrogen) atoms. The van der Waals surface area contributed by atoms with Gasteiger partial charge in [-0.05, 0) is 61.3 Å². The molecule has 0 radical (unpaired) electrons. The number of hydrogen-bond acceptors (Lipinski definition) is 5. The molecule has 0 atom stereocenters. The fourth-order valence-electron chi connectivity index (χ4n) is 2.90. The lowest BCUT2D eigenvalue weighted by Gasteiger charge is -2.16. The standard InChI is InChI=1S/C24H26Cl2N2O3/c1-2-29-22-15-19(16-27-11-5-13-30-23-6-3-4-12-28-23)14-21(26)24(22)31-17-18-7-9-20(25)10-8-18/h3-4,6-10,12,14-15,27H,2,5,11,13,16-17H2,1H3. The number of pyridine rings is 1. The second kappa shape index (κ2) is 12.4. The fraction of sp³-hybridized carbons (Fsp3) is 0.292. The number of ether oxygens (including phenoxy) is 3. The molecular formula is C24H26Cl2N2O3. The predicted molar refractivity (Wildman–Crippen MR) is 124 cm³/mol. The highest BCUT2D eigenvalue weighted by Gasteiger charge is 2.13. The topological polar surface area (TPSA) is 52.6 Å². The van der Waals surface area contributed by atoms with Gasteiger partial charge in [-0.1, -0.05) is 41.4 Å². The molecule has 5 nitrogen and oxygen atoms in total. The first-order valence-corrected chi connectivity index (χ1v) is 11.0. The third kappa shape index (κ3) is 7.62. The highest BCUT2D eigenvalue weighted by molar-refractivity contribution is 6.32. The van der Waals surface area contributed by atoms with Gasteiger partial charge in [0.1, 0.15) is 6.61 Å². The molecule has 0 aliphatic rings. The Kier molecular flexibility index (Phi) is 9.28. The molecule has 3 rings (SSSR count). The Morgan fingerprint density at radius 3 is 2.52 bits per heavy atom. The summed E-state index contributed by atoms with van der Waals surface area (Å²) in [6.07, 6.45) is 2.58. The summed E-state index contributed by atoms with van der Waals surface area (Å²) in [6.45, 7) is 4.92. The maximum atomic E-state index is 6.51. The highest BCUT2D eigenvalue weighted by atomic mass is 35.5. The van der Waals surface area contributed by atoms with Crippen LogP contribution in [0.2, 0.25) is 10.0 Å². The average Bonchev–Trinajstić information content (AvgIpc) is 2.78. The van der Waals surface area contributed by atoms with Crippen molar-refractivity contribution in [2.75, 3.05) is 19.8 Å². The second-order valence-electron chi connectivity index (χ2n) is 6.80. The van der Waals surface area contributed by atoms with Gasteiger partial charge in [0.05, 0.1) is 18.2 Å². The van der Waals surface area contributed by atoms with Crippen LogP contribution < -0.4 is 19.5 Å². The molecule has 0 saturated carbocycles. The third-order valence-corrected chi connectivity index (χ3v) is 4.91. The minimum Gasteiger partial charge on any atom is -0.490 e. The van der Waals surface area contributed by atoms with Crippen molar-refractivity contribution in [1.82, 2.24) is 10.3 Å². The Labute approximate surface area is 193 Å². The van der Waals surface area contributed by atoms with E-state index in [-0.39, 0.29) is 0 Å². The van der Waals surface area contributed by atoms with Crippen molar-refractivity contribution < 1.29 is 14.2 Å². The molecule has 1 heterocycles. The molecule has 1 N–H and O–H groups in total. The number of halogens is 2. The van der Waals surface area contributed by atoms with Gasteiger partial charge in [-0.3, -0.25) is 0 Å². The maximum absolute atomic E-state index is 6.51. The van der Waals surface area contributed by atoms with Crippen molar-refractivity contribution in [2.45, 2.75) is 26.5 Å². The molecule has 1 aromatic heterocycles. The van der Waals surface area contributed by atoms with Crippen LogP contribution in [-0.4, -0.2) is 24.7 Å². The highest BCUT2D eigenvalue weighted by Crippen LogP contribution is 2.37. The van der Waals surface area contributed by atoms with Crippen LogP contribution in [0.25, 0.3) is 0 Å². The summed E-state index contributed by atoms with van der Waals surface area (Å²) in [6, 6.07) is 17.0. The van der Waals surface area contributed by atoms with Gasteiger partial charge in [0.25, 0.3) is 0 Å². The van der Waals surface area contributed by atoms with E-state index in [1.54, 1.807) is 6.20 Å². The Morgan fingerprint density at radius 2 is 1.77 bits per heavy atom. The van der Waals surface area contributed by atoms with Gasteiger partial charge in [-0.25, -0.2) is 4.98 Å². The Hall–Kier alpha value is -2.47. The van der Waals surface area contributed by atoms with E-state index in [1.807, 2.05) is 61.5 Å². The van der Waals surface area contributed by atoms with E-state index in [0.717, 1.165) is 24.1 Å². The summed E-state index contributed by atoms with van der Waals surface area (Å²) in [7, 11) is 0. The number of aromatic nitrogens is 1. The average molecular weight is 461 g/mol. The zero-order valence-corrected chi connectivity index (χ0v) is 19.0. The first kappa shape index (κ1) is 23.2. The zero-order chi connectivity index (χ0) is 21.9. The molecular weight excluding hydrogens is 435 g/mol. The van der Waals surface area contributed by atoms with Gasteiger partial charge in [0, 0.05) is 23.8 Å². The van der Waals surface area contributed by atoms with Gasteiger partial charge in [0.15, 0.2) is 11.5 Å². The lowest BCUT2D eigenvalue weighted by Crippen LogP contribution is -2.17. The van der Waals surface area contributed by atoms with Crippen LogP contribution in [0.1, 0.15) is 24.5 Å². The smallest absolute Gasteiger partial charge is 0.213 e. The maximum Gasteiger partial charge on any atom is 0.213 e. The van der Waals surface area contributed by atoms with Gasteiger partial charge in [-0.2, -0.15) is 0 Å². The van der Waals surface area contributed by atoms with E-state index < -0.39 is 0 Å². The number of nitrogens with one attached hydrogen (secondary N) is 1. The van der Waals surface area contributed by atoms with Crippen LogP contribution in [0.4, 0.5) is 0 Å². The summed E-state index contributed by atoms with van der Waals surface area (Å²) >= 11 is 12.4. The quantitative estimate of drug-likeness (QED) is 0.339. The van der Waals surface area contributed by atoms with Gasteiger partial charge in [0.2, 0.25) is 5.88 Å². The molecule has 0 amide bonds. The van der Waals surface area contributed by atoms with Crippen molar-refractivity contribution in [3.05, 3.63) is 82.0 Å². The lowest BCUT2D eigenvalue weighted by atomic mass is 10.2. The largest absolute Gasteiger partial charge is 0.490 e. The van der Waals surface area contributed by atoms with E-state index in [0.29, 0.717) is 53.8 Å². The molecule has 3 aromatic rings. The number of hydrogen-bond donors (Lipinski definition) is 1. The van der Waals surface area contributed by atoms with Crippen LogP contribution >= 0.6 is 23.2 Å². The van der Waals surface area contributed by atoms with Crippen LogP contribution in [0.15, 0.2) is 60.8 Å². The van der Waals surface area contributed by atoms with E-state index in [2.05, 4.69) is 10.3 Å². The van der Waals surface area contributed by atoms with E-state index in [1.165, 1.54) is 0 Å². The van der Waals surface area contributed by atoms with Gasteiger partial charge < -0.3 is 19.5 Å².